The van der Waals surface area contributed by atoms with Gasteiger partial charge < -0.3 is 9.64 Å². The van der Waals surface area contributed by atoms with E-state index in [4.69, 9.17) is 4.74 Å². The van der Waals surface area contributed by atoms with Gasteiger partial charge in [-0.15, -0.1) is 0 Å². The third-order valence-electron chi connectivity index (χ3n) is 6.56. The summed E-state index contributed by atoms with van der Waals surface area (Å²) in [5.41, 5.74) is 3.76. The van der Waals surface area contributed by atoms with Gasteiger partial charge in [0.05, 0.1) is 5.69 Å². The first-order valence-corrected chi connectivity index (χ1v) is 11.4. The second-order valence-electron chi connectivity index (χ2n) is 9.06. The number of anilines is 1. The first-order valence-electron chi connectivity index (χ1n) is 11.4. The molecule has 2 aromatic rings. The van der Waals surface area contributed by atoms with Crippen LogP contribution < -0.4 is 9.64 Å². The zero-order chi connectivity index (χ0) is 20.9. The molecule has 4 nitrogen and oxygen atoms in total. The Morgan fingerprint density at radius 3 is 2.50 bits per heavy atom. The SMILES string of the molecule is CC(C)c1ccc(CN2CCC(CCCN3C(=O)COc4ccccc43)CC2)cc1. The Morgan fingerprint density at radius 2 is 1.77 bits per heavy atom. The molecule has 4 heteroatoms. The Bertz CT molecular complexity index is 838. The van der Waals surface area contributed by atoms with Gasteiger partial charge in [-0.1, -0.05) is 50.2 Å². The van der Waals surface area contributed by atoms with E-state index in [0.29, 0.717) is 5.92 Å². The summed E-state index contributed by atoms with van der Waals surface area (Å²) in [6, 6.07) is 17.0. The Balaban J connectivity index is 1.21. The highest BCUT2D eigenvalue weighted by atomic mass is 16.5. The number of benzene rings is 2. The van der Waals surface area contributed by atoms with Gasteiger partial charge in [0.2, 0.25) is 0 Å². The molecule has 2 heterocycles. The van der Waals surface area contributed by atoms with Gasteiger partial charge in [-0.3, -0.25) is 9.69 Å². The van der Waals surface area contributed by atoms with E-state index in [2.05, 4.69) is 43.0 Å². The molecule has 0 spiro atoms. The van der Waals surface area contributed by atoms with E-state index in [1.54, 1.807) is 0 Å². The van der Waals surface area contributed by atoms with Gasteiger partial charge in [-0.25, -0.2) is 0 Å². The standard InChI is InChI=1S/C26H34N2O2/c1-20(2)23-11-9-22(10-12-23)18-27-16-13-21(14-17-27)6-5-15-28-24-7-3-4-8-25(24)30-19-26(28)29/h3-4,7-12,20-21H,5-6,13-19H2,1-2H3. The predicted octanol–water partition coefficient (Wildman–Crippen LogP) is 5.23. The normalized spacial score (nSPS) is 17.8. The Kier molecular flexibility index (Phi) is 6.73. The number of rotatable bonds is 7. The minimum Gasteiger partial charge on any atom is -0.482 e. The second kappa shape index (κ2) is 9.65. The van der Waals surface area contributed by atoms with Crippen LogP contribution in [0, 0.1) is 5.92 Å². The zero-order valence-corrected chi connectivity index (χ0v) is 18.3. The smallest absolute Gasteiger partial charge is 0.265 e. The molecule has 0 radical (unpaired) electrons. The number of likely N-dealkylation sites (tertiary alicyclic amines) is 1. The van der Waals surface area contributed by atoms with Crippen molar-refractivity contribution in [2.24, 2.45) is 5.92 Å². The van der Waals surface area contributed by atoms with Crippen molar-refractivity contribution in [1.82, 2.24) is 4.90 Å². The fourth-order valence-corrected chi connectivity index (χ4v) is 4.64. The molecule has 30 heavy (non-hydrogen) atoms. The molecule has 0 bridgehead atoms. The van der Waals surface area contributed by atoms with Crippen molar-refractivity contribution >= 4 is 11.6 Å². The summed E-state index contributed by atoms with van der Waals surface area (Å²) >= 11 is 0. The lowest BCUT2D eigenvalue weighted by Gasteiger charge is -2.33. The van der Waals surface area contributed by atoms with E-state index in [9.17, 15) is 4.79 Å². The summed E-state index contributed by atoms with van der Waals surface area (Å²) in [6.45, 7) is 8.85. The fourth-order valence-electron chi connectivity index (χ4n) is 4.64. The molecule has 1 fully saturated rings. The maximum Gasteiger partial charge on any atom is 0.265 e. The molecule has 1 saturated heterocycles. The quantitative estimate of drug-likeness (QED) is 0.631. The van der Waals surface area contributed by atoms with Crippen molar-refractivity contribution in [3.63, 3.8) is 0 Å². The van der Waals surface area contributed by atoms with Gasteiger partial charge in [-0.2, -0.15) is 0 Å². The number of hydrogen-bond acceptors (Lipinski definition) is 3. The van der Waals surface area contributed by atoms with Crippen LogP contribution in [0.5, 0.6) is 5.75 Å². The van der Waals surface area contributed by atoms with E-state index < -0.39 is 0 Å². The molecule has 0 unspecified atom stereocenters. The summed E-state index contributed by atoms with van der Waals surface area (Å²) < 4.78 is 5.54. The number of carbonyl (C=O) groups is 1. The van der Waals surface area contributed by atoms with Crippen LogP contribution in [0.15, 0.2) is 48.5 Å². The molecule has 2 aliphatic heterocycles. The summed E-state index contributed by atoms with van der Waals surface area (Å²) in [7, 11) is 0. The molecule has 0 aliphatic carbocycles. The number of piperidine rings is 1. The average molecular weight is 407 g/mol. The van der Waals surface area contributed by atoms with E-state index in [0.717, 1.165) is 36.9 Å². The van der Waals surface area contributed by atoms with Crippen molar-refractivity contribution in [2.75, 3.05) is 31.1 Å². The lowest BCUT2D eigenvalue weighted by atomic mass is 9.91. The van der Waals surface area contributed by atoms with Crippen molar-refractivity contribution in [3.8, 4) is 5.75 Å². The molecule has 0 N–H and O–H groups in total. The van der Waals surface area contributed by atoms with Gasteiger partial charge in [0.25, 0.3) is 5.91 Å². The van der Waals surface area contributed by atoms with Gasteiger partial charge in [0, 0.05) is 13.1 Å². The van der Waals surface area contributed by atoms with E-state index in [1.807, 2.05) is 29.2 Å². The molecule has 2 aliphatic rings. The number of nitrogens with zero attached hydrogens (tertiary/aromatic N) is 2. The molecule has 0 aromatic heterocycles. The first-order chi connectivity index (χ1) is 14.6. The van der Waals surface area contributed by atoms with Crippen LogP contribution >= 0.6 is 0 Å². The second-order valence-corrected chi connectivity index (χ2v) is 9.06. The van der Waals surface area contributed by atoms with Gasteiger partial charge in [0.1, 0.15) is 5.75 Å². The van der Waals surface area contributed by atoms with Crippen molar-refractivity contribution in [2.45, 2.75) is 52.0 Å². The van der Waals surface area contributed by atoms with Gasteiger partial charge in [0.15, 0.2) is 6.61 Å². The highest BCUT2D eigenvalue weighted by Gasteiger charge is 2.25. The number of amides is 1. The fraction of sp³-hybridized carbons (Fsp3) is 0.500. The van der Waals surface area contributed by atoms with Crippen LogP contribution in [-0.2, 0) is 11.3 Å². The predicted molar refractivity (Wildman–Crippen MR) is 122 cm³/mol. The maximum absolute atomic E-state index is 12.3. The highest BCUT2D eigenvalue weighted by molar-refractivity contribution is 5.97. The molecule has 160 valence electrons. The molecule has 0 atom stereocenters. The molecular formula is C26H34N2O2. The zero-order valence-electron chi connectivity index (χ0n) is 18.3. The summed E-state index contributed by atoms with van der Waals surface area (Å²) in [6.07, 6.45) is 4.78. The van der Waals surface area contributed by atoms with Crippen LogP contribution in [-0.4, -0.2) is 37.0 Å². The highest BCUT2D eigenvalue weighted by Crippen LogP contribution is 2.32. The Morgan fingerprint density at radius 1 is 1.03 bits per heavy atom. The maximum atomic E-state index is 12.3. The summed E-state index contributed by atoms with van der Waals surface area (Å²) in [5.74, 6) is 2.27. The van der Waals surface area contributed by atoms with Crippen LogP contribution in [0.2, 0.25) is 0 Å². The van der Waals surface area contributed by atoms with Gasteiger partial charge >= 0.3 is 0 Å². The largest absolute Gasteiger partial charge is 0.482 e. The van der Waals surface area contributed by atoms with Crippen LogP contribution in [0.4, 0.5) is 5.69 Å². The first kappa shape index (κ1) is 20.9. The van der Waals surface area contributed by atoms with E-state index >= 15 is 0 Å². The molecule has 4 rings (SSSR count). The van der Waals surface area contributed by atoms with Crippen LogP contribution in [0.1, 0.15) is 56.6 Å². The monoisotopic (exact) mass is 406 g/mol. The number of ether oxygens (including phenoxy) is 1. The molecule has 0 saturated carbocycles. The number of hydrogen-bond donors (Lipinski definition) is 0. The van der Waals surface area contributed by atoms with Crippen molar-refractivity contribution in [3.05, 3.63) is 59.7 Å². The van der Waals surface area contributed by atoms with Gasteiger partial charge in [-0.05, 0) is 73.9 Å². The third-order valence-corrected chi connectivity index (χ3v) is 6.56. The minimum absolute atomic E-state index is 0.0759. The lowest BCUT2D eigenvalue weighted by molar-refractivity contribution is -0.121. The van der Waals surface area contributed by atoms with Crippen LogP contribution in [0.25, 0.3) is 0 Å². The minimum atomic E-state index is 0.0759. The molecular weight excluding hydrogens is 372 g/mol. The third kappa shape index (κ3) is 5.04. The Hall–Kier alpha value is -2.33. The van der Waals surface area contributed by atoms with E-state index in [1.165, 1.54) is 43.5 Å². The van der Waals surface area contributed by atoms with Crippen molar-refractivity contribution < 1.29 is 9.53 Å². The number of fused-ring (bicyclic) bond motifs is 1. The van der Waals surface area contributed by atoms with Crippen LogP contribution in [0.3, 0.4) is 0 Å². The number of para-hydroxylation sites is 2. The summed E-state index contributed by atoms with van der Waals surface area (Å²) in [4.78, 5) is 16.8. The van der Waals surface area contributed by atoms with E-state index in [-0.39, 0.29) is 12.5 Å². The summed E-state index contributed by atoms with van der Waals surface area (Å²) in [5, 5.41) is 0. The Labute approximate surface area is 180 Å². The topological polar surface area (TPSA) is 32.8 Å². The average Bonchev–Trinajstić information content (AvgIpc) is 2.77. The lowest BCUT2D eigenvalue weighted by Crippen LogP contribution is -2.39. The molecule has 1 amide bonds. The van der Waals surface area contributed by atoms with Crippen molar-refractivity contribution in [1.29, 1.82) is 0 Å². The number of carbonyl (C=O) groups excluding carboxylic acids is 1. The molecule has 2 aromatic carbocycles.